The van der Waals surface area contributed by atoms with E-state index in [1.807, 2.05) is 0 Å². The van der Waals surface area contributed by atoms with E-state index in [0.717, 1.165) is 3.57 Å². The Morgan fingerprint density at radius 3 is 2.39 bits per heavy atom. The molecule has 0 aliphatic rings. The van der Waals surface area contributed by atoms with Gasteiger partial charge in [-0.15, -0.1) is 0 Å². The number of carboxylic acid groups (broad SMARTS) is 1. The van der Waals surface area contributed by atoms with Crippen molar-refractivity contribution in [2.75, 3.05) is 5.32 Å². The van der Waals surface area contributed by atoms with Gasteiger partial charge in [-0.25, -0.2) is 4.79 Å². The maximum absolute atomic E-state index is 12.1. The Labute approximate surface area is 156 Å². The molecular formula is C15H10ClIN2O3S. The predicted octanol–water partition coefficient (Wildman–Crippen LogP) is 3.77. The molecule has 0 atom stereocenters. The quantitative estimate of drug-likeness (QED) is 0.480. The molecule has 0 bridgehead atoms. The second-order valence-corrected chi connectivity index (χ2v) is 6.50. The van der Waals surface area contributed by atoms with Crippen molar-refractivity contribution in [3.8, 4) is 0 Å². The Balaban J connectivity index is 2.09. The lowest BCUT2D eigenvalue weighted by Crippen LogP contribution is -2.34. The van der Waals surface area contributed by atoms with Gasteiger partial charge in [-0.1, -0.05) is 11.6 Å². The van der Waals surface area contributed by atoms with Gasteiger partial charge in [0, 0.05) is 14.2 Å². The van der Waals surface area contributed by atoms with Crippen LogP contribution in [0.3, 0.4) is 0 Å². The Morgan fingerprint density at radius 1 is 1.13 bits per heavy atom. The molecule has 2 aromatic carbocycles. The van der Waals surface area contributed by atoms with Crippen LogP contribution in [-0.4, -0.2) is 22.1 Å². The Hall–Kier alpha value is -1.71. The highest BCUT2D eigenvalue weighted by Crippen LogP contribution is 2.20. The number of aromatic carboxylic acids is 1. The normalized spacial score (nSPS) is 10.0. The number of hydrogen-bond acceptors (Lipinski definition) is 3. The molecule has 0 radical (unpaired) electrons. The van der Waals surface area contributed by atoms with E-state index in [1.54, 1.807) is 24.3 Å². The molecule has 5 nitrogen and oxygen atoms in total. The molecule has 0 saturated heterocycles. The largest absolute Gasteiger partial charge is 0.478 e. The van der Waals surface area contributed by atoms with Gasteiger partial charge in [0.15, 0.2) is 5.11 Å². The summed E-state index contributed by atoms with van der Waals surface area (Å²) in [5.41, 5.74) is 0.655. The molecule has 0 spiro atoms. The van der Waals surface area contributed by atoms with Gasteiger partial charge in [-0.2, -0.15) is 0 Å². The van der Waals surface area contributed by atoms with Crippen molar-refractivity contribution in [1.82, 2.24) is 5.32 Å². The minimum Gasteiger partial charge on any atom is -0.478 e. The Kier molecular flexibility index (Phi) is 5.91. The molecular weight excluding hydrogens is 451 g/mol. The molecule has 0 aliphatic carbocycles. The molecule has 0 aliphatic heterocycles. The van der Waals surface area contributed by atoms with E-state index in [-0.39, 0.29) is 22.3 Å². The minimum absolute atomic E-state index is 0.00151. The van der Waals surface area contributed by atoms with Gasteiger partial charge in [0.25, 0.3) is 5.91 Å². The van der Waals surface area contributed by atoms with Crippen LogP contribution < -0.4 is 10.6 Å². The lowest BCUT2D eigenvalue weighted by atomic mass is 10.2. The molecule has 0 heterocycles. The van der Waals surface area contributed by atoms with E-state index in [4.69, 9.17) is 28.9 Å². The summed E-state index contributed by atoms with van der Waals surface area (Å²) in [5.74, 6) is -1.54. The van der Waals surface area contributed by atoms with Gasteiger partial charge in [-0.3, -0.25) is 10.1 Å². The number of nitrogens with one attached hydrogen (secondary N) is 2. The van der Waals surface area contributed by atoms with E-state index < -0.39 is 5.97 Å². The van der Waals surface area contributed by atoms with Crippen molar-refractivity contribution < 1.29 is 14.7 Å². The van der Waals surface area contributed by atoms with Crippen LogP contribution in [0, 0.1) is 3.57 Å². The molecule has 0 aromatic heterocycles. The van der Waals surface area contributed by atoms with Crippen molar-refractivity contribution in [3.05, 3.63) is 62.2 Å². The molecule has 0 fully saturated rings. The summed E-state index contributed by atoms with van der Waals surface area (Å²) in [6.07, 6.45) is 0. The number of rotatable bonds is 3. The van der Waals surface area contributed by atoms with Crippen LogP contribution in [0.25, 0.3) is 0 Å². The van der Waals surface area contributed by atoms with Crippen molar-refractivity contribution in [2.45, 2.75) is 0 Å². The molecule has 23 heavy (non-hydrogen) atoms. The molecule has 118 valence electrons. The third-order valence-corrected chi connectivity index (χ3v) is 3.95. The van der Waals surface area contributed by atoms with Gasteiger partial charge in [0.1, 0.15) is 0 Å². The maximum Gasteiger partial charge on any atom is 0.337 e. The summed E-state index contributed by atoms with van der Waals surface area (Å²) < 4.78 is 1.01. The molecule has 0 saturated carbocycles. The summed E-state index contributed by atoms with van der Waals surface area (Å²) in [6.45, 7) is 0. The number of anilines is 1. The number of carboxylic acids is 1. The zero-order valence-electron chi connectivity index (χ0n) is 11.5. The van der Waals surface area contributed by atoms with Crippen molar-refractivity contribution in [2.24, 2.45) is 0 Å². The molecule has 2 aromatic rings. The van der Waals surface area contributed by atoms with E-state index in [1.165, 1.54) is 18.2 Å². The second-order valence-electron chi connectivity index (χ2n) is 4.41. The van der Waals surface area contributed by atoms with E-state index in [0.29, 0.717) is 10.6 Å². The van der Waals surface area contributed by atoms with Gasteiger partial charge in [-0.05, 0) is 77.3 Å². The van der Waals surface area contributed by atoms with Crippen LogP contribution in [0.1, 0.15) is 20.7 Å². The van der Waals surface area contributed by atoms with Crippen LogP contribution in [0.15, 0.2) is 42.5 Å². The summed E-state index contributed by atoms with van der Waals surface area (Å²) >= 11 is 13.0. The number of carbonyl (C=O) groups excluding carboxylic acids is 1. The Bertz CT molecular complexity index is 781. The van der Waals surface area contributed by atoms with Gasteiger partial charge in [0.05, 0.1) is 11.3 Å². The molecule has 3 N–H and O–H groups in total. The van der Waals surface area contributed by atoms with Crippen LogP contribution in [-0.2, 0) is 0 Å². The fourth-order valence-electron chi connectivity index (χ4n) is 1.73. The standard InChI is InChI=1S/C15H10ClIN2O3S/c16-9-3-6-12(11(7-9)14(21)22)18-15(23)19-13(20)8-1-4-10(17)5-2-8/h1-7H,(H,21,22)(H2,18,19,20,23). The van der Waals surface area contributed by atoms with E-state index in [2.05, 4.69) is 33.2 Å². The Morgan fingerprint density at radius 2 is 1.78 bits per heavy atom. The lowest BCUT2D eigenvalue weighted by molar-refractivity contribution is 0.0698. The zero-order valence-corrected chi connectivity index (χ0v) is 15.2. The first-order valence-corrected chi connectivity index (χ1v) is 8.14. The smallest absolute Gasteiger partial charge is 0.337 e. The first-order chi connectivity index (χ1) is 10.9. The average molecular weight is 461 g/mol. The average Bonchev–Trinajstić information content (AvgIpc) is 2.49. The van der Waals surface area contributed by atoms with Gasteiger partial charge < -0.3 is 10.4 Å². The summed E-state index contributed by atoms with van der Waals surface area (Å²) in [5, 5.41) is 14.6. The van der Waals surface area contributed by atoms with Gasteiger partial charge in [0.2, 0.25) is 0 Å². The monoisotopic (exact) mass is 460 g/mol. The summed E-state index contributed by atoms with van der Waals surface area (Å²) in [6, 6.07) is 11.3. The number of benzene rings is 2. The lowest BCUT2D eigenvalue weighted by Gasteiger charge is -2.12. The fraction of sp³-hybridized carbons (Fsp3) is 0. The number of thiocarbonyl (C=S) groups is 1. The van der Waals surface area contributed by atoms with Crippen LogP contribution in [0.2, 0.25) is 5.02 Å². The molecule has 2 rings (SSSR count). The maximum atomic E-state index is 12.1. The van der Waals surface area contributed by atoms with E-state index >= 15 is 0 Å². The number of halogens is 2. The number of carbonyl (C=O) groups is 2. The number of amides is 1. The van der Waals surface area contributed by atoms with E-state index in [9.17, 15) is 9.59 Å². The second kappa shape index (κ2) is 7.71. The first-order valence-electron chi connectivity index (χ1n) is 6.27. The first kappa shape index (κ1) is 17.6. The third kappa shape index (κ3) is 4.88. The van der Waals surface area contributed by atoms with Crippen molar-refractivity contribution in [3.63, 3.8) is 0 Å². The van der Waals surface area contributed by atoms with Crippen molar-refractivity contribution in [1.29, 1.82) is 0 Å². The van der Waals surface area contributed by atoms with Crippen LogP contribution >= 0.6 is 46.4 Å². The highest BCUT2D eigenvalue weighted by atomic mass is 127. The van der Waals surface area contributed by atoms with Crippen LogP contribution in [0.4, 0.5) is 5.69 Å². The highest BCUT2D eigenvalue weighted by molar-refractivity contribution is 14.1. The third-order valence-electron chi connectivity index (χ3n) is 2.79. The summed E-state index contributed by atoms with van der Waals surface area (Å²) in [7, 11) is 0. The SMILES string of the molecule is O=C(NC(=S)Nc1ccc(Cl)cc1C(=O)O)c1ccc(I)cc1. The molecule has 0 unspecified atom stereocenters. The summed E-state index contributed by atoms with van der Waals surface area (Å²) in [4.78, 5) is 23.3. The van der Waals surface area contributed by atoms with Crippen molar-refractivity contribution >= 4 is 69.1 Å². The molecule has 8 heteroatoms. The predicted molar refractivity (Wildman–Crippen MR) is 101 cm³/mol. The zero-order chi connectivity index (χ0) is 17.0. The number of hydrogen-bond donors (Lipinski definition) is 3. The fourth-order valence-corrected chi connectivity index (χ4v) is 2.47. The van der Waals surface area contributed by atoms with Gasteiger partial charge >= 0.3 is 5.97 Å². The molecule has 1 amide bonds. The van der Waals surface area contributed by atoms with Crippen LogP contribution in [0.5, 0.6) is 0 Å². The highest BCUT2D eigenvalue weighted by Gasteiger charge is 2.13. The minimum atomic E-state index is -1.15. The topological polar surface area (TPSA) is 78.4 Å².